The third kappa shape index (κ3) is 4.88. The Morgan fingerprint density at radius 2 is 1.94 bits per heavy atom. The Hall–Kier alpha value is -0.0900. The number of sulfone groups is 1. The van der Waals surface area contributed by atoms with Gasteiger partial charge in [-0.15, -0.1) is 0 Å². The fraction of sp³-hybridized carbons (Fsp3) is 1.00. The molecule has 1 N–H and O–H groups in total. The van der Waals surface area contributed by atoms with Crippen LogP contribution < -0.4 is 5.32 Å². The summed E-state index contributed by atoms with van der Waals surface area (Å²) in [6, 6.07) is 0.513. The predicted octanol–water partition coefficient (Wildman–Crippen LogP) is 2.76. The molecule has 4 heteroatoms. The maximum Gasteiger partial charge on any atom is 0.150 e. The molecule has 0 aromatic carbocycles. The zero-order valence-electron chi connectivity index (χ0n) is 12.1. The zero-order chi connectivity index (χ0) is 13.6. The van der Waals surface area contributed by atoms with Crippen molar-refractivity contribution in [3.63, 3.8) is 0 Å². The quantitative estimate of drug-likeness (QED) is 0.777. The molecule has 1 rings (SSSR count). The molecular weight excluding hydrogens is 246 g/mol. The SMILES string of the molecule is CCCNC(CCC)C1CCCC(S(C)(=O)=O)C1. The Morgan fingerprint density at radius 1 is 1.22 bits per heavy atom. The van der Waals surface area contributed by atoms with Crippen LogP contribution in [0.3, 0.4) is 0 Å². The van der Waals surface area contributed by atoms with Gasteiger partial charge in [0, 0.05) is 12.3 Å². The number of nitrogens with one attached hydrogen (secondary N) is 1. The van der Waals surface area contributed by atoms with Gasteiger partial charge >= 0.3 is 0 Å². The molecule has 0 saturated heterocycles. The van der Waals surface area contributed by atoms with Gasteiger partial charge in [-0.1, -0.05) is 26.7 Å². The maximum absolute atomic E-state index is 11.7. The third-order valence-corrected chi connectivity index (χ3v) is 5.74. The molecule has 0 aliphatic heterocycles. The minimum atomic E-state index is -2.86. The van der Waals surface area contributed by atoms with E-state index in [1.54, 1.807) is 0 Å². The lowest BCUT2D eigenvalue weighted by molar-refractivity contribution is 0.258. The van der Waals surface area contributed by atoms with Gasteiger partial charge in [0.1, 0.15) is 9.84 Å². The molecule has 18 heavy (non-hydrogen) atoms. The number of hydrogen-bond donors (Lipinski definition) is 1. The summed E-state index contributed by atoms with van der Waals surface area (Å²) in [4.78, 5) is 0. The molecule has 0 aromatic heterocycles. The van der Waals surface area contributed by atoms with Crippen molar-refractivity contribution in [3.8, 4) is 0 Å². The second kappa shape index (κ2) is 7.49. The molecule has 0 amide bonds. The van der Waals surface area contributed by atoms with E-state index in [0.29, 0.717) is 12.0 Å². The highest BCUT2D eigenvalue weighted by Gasteiger charge is 2.32. The molecule has 108 valence electrons. The second-order valence-electron chi connectivity index (χ2n) is 5.73. The van der Waals surface area contributed by atoms with Gasteiger partial charge in [0.05, 0.1) is 5.25 Å². The first-order chi connectivity index (χ1) is 8.49. The summed E-state index contributed by atoms with van der Waals surface area (Å²) in [5, 5.41) is 3.52. The molecule has 0 bridgehead atoms. The Morgan fingerprint density at radius 3 is 2.50 bits per heavy atom. The first kappa shape index (κ1) is 16.0. The highest BCUT2D eigenvalue weighted by molar-refractivity contribution is 7.91. The topological polar surface area (TPSA) is 46.2 Å². The standard InChI is InChI=1S/C14H29NO2S/c1-4-7-14(15-10-5-2)12-8-6-9-13(11-12)18(3,16)17/h12-15H,4-11H2,1-3H3. The first-order valence-electron chi connectivity index (χ1n) is 7.41. The molecule has 3 atom stereocenters. The van der Waals surface area contributed by atoms with Gasteiger partial charge in [0.15, 0.2) is 0 Å². The van der Waals surface area contributed by atoms with E-state index < -0.39 is 9.84 Å². The average molecular weight is 275 g/mol. The number of hydrogen-bond acceptors (Lipinski definition) is 3. The Kier molecular flexibility index (Phi) is 6.64. The van der Waals surface area contributed by atoms with Crippen molar-refractivity contribution in [3.05, 3.63) is 0 Å². The van der Waals surface area contributed by atoms with Crippen LogP contribution in [-0.4, -0.2) is 32.5 Å². The monoisotopic (exact) mass is 275 g/mol. The minimum absolute atomic E-state index is 0.0981. The zero-order valence-corrected chi connectivity index (χ0v) is 12.9. The van der Waals surface area contributed by atoms with Crippen molar-refractivity contribution in [1.82, 2.24) is 5.32 Å². The van der Waals surface area contributed by atoms with E-state index in [1.807, 2.05) is 0 Å². The third-order valence-electron chi connectivity index (χ3n) is 4.10. The lowest BCUT2D eigenvalue weighted by Crippen LogP contribution is -2.41. The predicted molar refractivity (Wildman–Crippen MR) is 77.6 cm³/mol. The van der Waals surface area contributed by atoms with E-state index in [9.17, 15) is 8.42 Å². The molecule has 0 spiro atoms. The van der Waals surface area contributed by atoms with Gasteiger partial charge in [-0.05, 0) is 44.6 Å². The summed E-state index contributed by atoms with van der Waals surface area (Å²) in [5.41, 5.74) is 0. The molecular formula is C14H29NO2S. The van der Waals surface area contributed by atoms with Crippen LogP contribution in [0.2, 0.25) is 0 Å². The lowest BCUT2D eigenvalue weighted by Gasteiger charge is -2.34. The molecule has 1 aliphatic carbocycles. The van der Waals surface area contributed by atoms with Crippen LogP contribution >= 0.6 is 0 Å². The largest absolute Gasteiger partial charge is 0.314 e. The van der Waals surface area contributed by atoms with Crippen LogP contribution in [0.5, 0.6) is 0 Å². The van der Waals surface area contributed by atoms with E-state index in [0.717, 1.165) is 32.2 Å². The Bertz CT molecular complexity index is 327. The van der Waals surface area contributed by atoms with Crippen molar-refractivity contribution < 1.29 is 8.42 Å². The summed E-state index contributed by atoms with van der Waals surface area (Å²) >= 11 is 0. The summed E-state index contributed by atoms with van der Waals surface area (Å²) < 4.78 is 23.4. The number of rotatable bonds is 7. The minimum Gasteiger partial charge on any atom is -0.314 e. The summed E-state index contributed by atoms with van der Waals surface area (Å²) in [5.74, 6) is 0.546. The molecule has 1 fully saturated rings. The summed E-state index contributed by atoms with van der Waals surface area (Å²) in [6.45, 7) is 5.43. The first-order valence-corrected chi connectivity index (χ1v) is 9.36. The van der Waals surface area contributed by atoms with Crippen molar-refractivity contribution in [2.75, 3.05) is 12.8 Å². The van der Waals surface area contributed by atoms with Crippen LogP contribution in [0.4, 0.5) is 0 Å². The van der Waals surface area contributed by atoms with Crippen molar-refractivity contribution in [2.24, 2.45) is 5.92 Å². The molecule has 1 aliphatic rings. The van der Waals surface area contributed by atoms with Gasteiger partial charge < -0.3 is 5.32 Å². The molecule has 3 unspecified atom stereocenters. The van der Waals surface area contributed by atoms with E-state index in [4.69, 9.17) is 0 Å². The van der Waals surface area contributed by atoms with Crippen LogP contribution in [-0.2, 0) is 9.84 Å². The highest BCUT2D eigenvalue weighted by atomic mass is 32.2. The van der Waals surface area contributed by atoms with Crippen molar-refractivity contribution in [2.45, 2.75) is 70.1 Å². The molecule has 0 aromatic rings. The van der Waals surface area contributed by atoms with Crippen LogP contribution in [0.1, 0.15) is 58.8 Å². The molecule has 0 radical (unpaired) electrons. The molecule has 3 nitrogen and oxygen atoms in total. The van der Waals surface area contributed by atoms with Crippen molar-refractivity contribution in [1.29, 1.82) is 0 Å². The smallest absolute Gasteiger partial charge is 0.150 e. The van der Waals surface area contributed by atoms with Crippen LogP contribution in [0, 0.1) is 5.92 Å². The van der Waals surface area contributed by atoms with Gasteiger partial charge in [-0.25, -0.2) is 8.42 Å². The maximum atomic E-state index is 11.7. The van der Waals surface area contributed by atoms with E-state index in [2.05, 4.69) is 19.2 Å². The van der Waals surface area contributed by atoms with Gasteiger partial charge in [0.25, 0.3) is 0 Å². The van der Waals surface area contributed by atoms with Crippen molar-refractivity contribution >= 4 is 9.84 Å². The fourth-order valence-electron chi connectivity index (χ4n) is 3.08. The van der Waals surface area contributed by atoms with Crippen LogP contribution in [0.25, 0.3) is 0 Å². The second-order valence-corrected chi connectivity index (χ2v) is 8.05. The summed E-state index contributed by atoms with van der Waals surface area (Å²) in [7, 11) is -2.86. The summed E-state index contributed by atoms with van der Waals surface area (Å²) in [6.07, 6.45) is 8.85. The van der Waals surface area contributed by atoms with Gasteiger partial charge in [0.2, 0.25) is 0 Å². The fourth-order valence-corrected chi connectivity index (χ4v) is 4.27. The molecule has 1 saturated carbocycles. The average Bonchev–Trinajstić information content (AvgIpc) is 2.33. The lowest BCUT2D eigenvalue weighted by atomic mass is 9.82. The van der Waals surface area contributed by atoms with E-state index in [-0.39, 0.29) is 5.25 Å². The van der Waals surface area contributed by atoms with Gasteiger partial charge in [-0.2, -0.15) is 0 Å². The Labute approximate surface area is 113 Å². The van der Waals surface area contributed by atoms with E-state index >= 15 is 0 Å². The van der Waals surface area contributed by atoms with Crippen LogP contribution in [0.15, 0.2) is 0 Å². The van der Waals surface area contributed by atoms with Gasteiger partial charge in [-0.3, -0.25) is 0 Å². The molecule has 0 heterocycles. The highest BCUT2D eigenvalue weighted by Crippen LogP contribution is 2.32. The van der Waals surface area contributed by atoms with E-state index in [1.165, 1.54) is 25.5 Å². The Balaban J connectivity index is 2.61. The normalized spacial score (nSPS) is 27.1.